The Bertz CT molecular complexity index is 1120. The Morgan fingerprint density at radius 2 is 2.00 bits per heavy atom. The van der Waals surface area contributed by atoms with Crippen molar-refractivity contribution in [3.8, 4) is 11.4 Å². The van der Waals surface area contributed by atoms with Crippen molar-refractivity contribution in [3.05, 3.63) is 35.2 Å². The lowest BCUT2D eigenvalue weighted by atomic mass is 10.1. The quantitative estimate of drug-likeness (QED) is 0.697. The van der Waals surface area contributed by atoms with E-state index in [-0.39, 0.29) is 4.90 Å². The first-order chi connectivity index (χ1) is 13.3. The molecule has 1 aliphatic rings. The molecule has 28 heavy (non-hydrogen) atoms. The summed E-state index contributed by atoms with van der Waals surface area (Å²) in [4.78, 5) is 13.3. The summed E-state index contributed by atoms with van der Waals surface area (Å²) in [6.07, 6.45) is 1.63. The number of sulfone groups is 1. The first-order valence-corrected chi connectivity index (χ1v) is 11.7. The van der Waals surface area contributed by atoms with Gasteiger partial charge in [-0.15, -0.1) is 11.3 Å². The number of hydrogen-bond acceptors (Lipinski definition) is 7. The number of piperidine rings is 1. The monoisotopic (exact) mass is 420 g/mol. The SMILES string of the molecule is CS(=O)(=O)c1cccc(-c2nc(N)c3cc(CN4CCC(F)CC4)sc3n2)c1. The van der Waals surface area contributed by atoms with Crippen LogP contribution >= 0.6 is 11.3 Å². The van der Waals surface area contributed by atoms with Gasteiger partial charge in [0, 0.05) is 36.3 Å². The summed E-state index contributed by atoms with van der Waals surface area (Å²) in [6, 6.07) is 8.54. The summed E-state index contributed by atoms with van der Waals surface area (Å²) in [5, 5.41) is 0.795. The molecule has 0 radical (unpaired) electrons. The van der Waals surface area contributed by atoms with Crippen LogP contribution in [-0.4, -0.2) is 48.8 Å². The van der Waals surface area contributed by atoms with E-state index in [2.05, 4.69) is 14.9 Å². The third-order valence-corrected chi connectivity index (χ3v) is 7.01. The number of benzene rings is 1. The number of likely N-dealkylation sites (tertiary alicyclic amines) is 1. The number of anilines is 1. The van der Waals surface area contributed by atoms with Gasteiger partial charge in [0.1, 0.15) is 16.8 Å². The van der Waals surface area contributed by atoms with Crippen molar-refractivity contribution in [2.75, 3.05) is 25.1 Å². The number of nitrogens with two attached hydrogens (primary N) is 1. The van der Waals surface area contributed by atoms with Crippen molar-refractivity contribution >= 4 is 37.2 Å². The summed E-state index contributed by atoms with van der Waals surface area (Å²) in [6.45, 7) is 2.24. The van der Waals surface area contributed by atoms with Crippen LogP contribution in [0.2, 0.25) is 0 Å². The van der Waals surface area contributed by atoms with E-state index in [4.69, 9.17) is 5.73 Å². The highest BCUT2D eigenvalue weighted by molar-refractivity contribution is 7.90. The molecular formula is C19H21FN4O2S2. The minimum Gasteiger partial charge on any atom is -0.383 e. The third kappa shape index (κ3) is 4.01. The first-order valence-electron chi connectivity index (χ1n) is 9.02. The zero-order valence-electron chi connectivity index (χ0n) is 15.4. The summed E-state index contributed by atoms with van der Waals surface area (Å²) in [7, 11) is -3.32. The molecule has 2 aromatic heterocycles. The molecule has 9 heteroatoms. The zero-order valence-corrected chi connectivity index (χ0v) is 17.1. The molecule has 148 valence electrons. The summed E-state index contributed by atoms with van der Waals surface area (Å²) in [5.41, 5.74) is 6.76. The minimum atomic E-state index is -3.32. The molecule has 1 aliphatic heterocycles. The van der Waals surface area contributed by atoms with Crippen molar-refractivity contribution in [3.63, 3.8) is 0 Å². The minimum absolute atomic E-state index is 0.218. The van der Waals surface area contributed by atoms with Crippen LogP contribution in [0.25, 0.3) is 21.6 Å². The Morgan fingerprint density at radius 1 is 1.25 bits per heavy atom. The number of nitrogen functional groups attached to an aromatic ring is 1. The molecule has 0 spiro atoms. The summed E-state index contributed by atoms with van der Waals surface area (Å²) in [5.74, 6) is 0.775. The lowest BCUT2D eigenvalue weighted by molar-refractivity contribution is 0.146. The number of aromatic nitrogens is 2. The molecule has 2 N–H and O–H groups in total. The summed E-state index contributed by atoms with van der Waals surface area (Å²) < 4.78 is 37.0. The van der Waals surface area contributed by atoms with E-state index in [0.29, 0.717) is 30.0 Å². The smallest absolute Gasteiger partial charge is 0.175 e. The molecule has 0 saturated carbocycles. The molecule has 0 bridgehead atoms. The third-order valence-electron chi connectivity index (χ3n) is 4.89. The number of hydrogen-bond donors (Lipinski definition) is 1. The van der Waals surface area contributed by atoms with Gasteiger partial charge < -0.3 is 5.73 Å². The Kier molecular flexibility index (Phi) is 5.07. The highest BCUT2D eigenvalue weighted by atomic mass is 32.2. The van der Waals surface area contributed by atoms with Crippen molar-refractivity contribution < 1.29 is 12.8 Å². The van der Waals surface area contributed by atoms with Crippen LogP contribution in [-0.2, 0) is 16.4 Å². The van der Waals surface area contributed by atoms with E-state index < -0.39 is 16.0 Å². The molecular weight excluding hydrogens is 399 g/mol. The highest BCUT2D eigenvalue weighted by Crippen LogP contribution is 2.31. The zero-order chi connectivity index (χ0) is 19.9. The van der Waals surface area contributed by atoms with Crippen LogP contribution in [0.3, 0.4) is 0 Å². The van der Waals surface area contributed by atoms with E-state index in [0.717, 1.165) is 34.7 Å². The van der Waals surface area contributed by atoms with Gasteiger partial charge in [0.25, 0.3) is 0 Å². The molecule has 3 heterocycles. The average Bonchev–Trinajstić information content (AvgIpc) is 3.06. The van der Waals surface area contributed by atoms with Gasteiger partial charge in [0.2, 0.25) is 0 Å². The fraction of sp³-hybridized carbons (Fsp3) is 0.368. The summed E-state index contributed by atoms with van der Waals surface area (Å²) >= 11 is 1.54. The van der Waals surface area contributed by atoms with Crippen molar-refractivity contribution in [2.45, 2.75) is 30.5 Å². The van der Waals surface area contributed by atoms with Crippen LogP contribution in [0, 0.1) is 0 Å². The fourth-order valence-electron chi connectivity index (χ4n) is 3.35. The van der Waals surface area contributed by atoms with E-state index >= 15 is 0 Å². The standard InChI is InChI=1S/C19H21FN4O2S2/c1-28(25,26)15-4-2-3-12(9-15)18-22-17(21)16-10-14(27-19(16)23-18)11-24-7-5-13(20)6-8-24/h2-4,9-10,13H,5-8,11H2,1H3,(H2,21,22,23). The number of fused-ring (bicyclic) bond motifs is 1. The maximum absolute atomic E-state index is 13.3. The van der Waals surface area contributed by atoms with Crippen LogP contribution < -0.4 is 5.73 Å². The topological polar surface area (TPSA) is 89.2 Å². The molecule has 0 unspecified atom stereocenters. The maximum Gasteiger partial charge on any atom is 0.175 e. The Balaban J connectivity index is 1.65. The van der Waals surface area contributed by atoms with Gasteiger partial charge >= 0.3 is 0 Å². The number of nitrogens with zero attached hydrogens (tertiary/aromatic N) is 3. The maximum atomic E-state index is 13.3. The molecule has 1 saturated heterocycles. The Morgan fingerprint density at radius 3 is 2.71 bits per heavy atom. The molecule has 1 aromatic carbocycles. The van der Waals surface area contributed by atoms with E-state index in [1.54, 1.807) is 24.3 Å². The van der Waals surface area contributed by atoms with Gasteiger partial charge in [-0.1, -0.05) is 12.1 Å². The van der Waals surface area contributed by atoms with Crippen LogP contribution in [0.1, 0.15) is 17.7 Å². The van der Waals surface area contributed by atoms with Gasteiger partial charge in [0.05, 0.1) is 10.3 Å². The van der Waals surface area contributed by atoms with Crippen molar-refractivity contribution in [1.82, 2.24) is 14.9 Å². The van der Waals surface area contributed by atoms with Gasteiger partial charge in [-0.3, -0.25) is 4.90 Å². The molecule has 1 fully saturated rings. The largest absolute Gasteiger partial charge is 0.383 e. The predicted molar refractivity (Wildman–Crippen MR) is 110 cm³/mol. The van der Waals surface area contributed by atoms with E-state index in [1.165, 1.54) is 17.6 Å². The van der Waals surface area contributed by atoms with Crippen molar-refractivity contribution in [1.29, 1.82) is 0 Å². The molecule has 0 atom stereocenters. The van der Waals surface area contributed by atoms with Crippen LogP contribution in [0.15, 0.2) is 35.2 Å². The van der Waals surface area contributed by atoms with Gasteiger partial charge in [-0.2, -0.15) is 0 Å². The normalized spacial score (nSPS) is 16.6. The first kappa shape index (κ1) is 19.2. The molecule has 6 nitrogen and oxygen atoms in total. The van der Waals surface area contributed by atoms with Gasteiger partial charge in [-0.05, 0) is 31.0 Å². The number of rotatable bonds is 4. The van der Waals surface area contributed by atoms with E-state index in [1.807, 2.05) is 6.07 Å². The molecule has 4 rings (SSSR count). The number of halogens is 1. The second kappa shape index (κ2) is 7.38. The average molecular weight is 421 g/mol. The highest BCUT2D eigenvalue weighted by Gasteiger charge is 2.20. The van der Waals surface area contributed by atoms with Crippen molar-refractivity contribution in [2.24, 2.45) is 0 Å². The number of thiophene rings is 1. The molecule has 3 aromatic rings. The Labute approximate surface area is 167 Å². The van der Waals surface area contributed by atoms with Gasteiger partial charge in [-0.25, -0.2) is 22.8 Å². The molecule has 0 aliphatic carbocycles. The Hall–Kier alpha value is -2.10. The van der Waals surface area contributed by atoms with Gasteiger partial charge in [0.15, 0.2) is 15.7 Å². The predicted octanol–water partition coefficient (Wildman–Crippen LogP) is 3.28. The lowest BCUT2D eigenvalue weighted by Gasteiger charge is -2.27. The second-order valence-electron chi connectivity index (χ2n) is 7.11. The number of alkyl halides is 1. The second-order valence-corrected chi connectivity index (χ2v) is 10.2. The molecule has 0 amide bonds. The van der Waals surface area contributed by atoms with Crippen LogP contribution in [0.5, 0.6) is 0 Å². The fourth-order valence-corrected chi connectivity index (χ4v) is 5.09. The lowest BCUT2D eigenvalue weighted by Crippen LogP contribution is -2.33. The van der Waals surface area contributed by atoms with E-state index in [9.17, 15) is 12.8 Å². The van der Waals surface area contributed by atoms with Crippen LogP contribution in [0.4, 0.5) is 10.2 Å².